The summed E-state index contributed by atoms with van der Waals surface area (Å²) in [5.41, 5.74) is 1.17. The second-order valence-corrected chi connectivity index (χ2v) is 6.02. The molecule has 0 bridgehead atoms. The highest BCUT2D eigenvalue weighted by atomic mass is 35.5. The van der Waals surface area contributed by atoms with Crippen LogP contribution in [-0.2, 0) is 4.79 Å². The van der Waals surface area contributed by atoms with Crippen molar-refractivity contribution in [2.24, 2.45) is 0 Å². The van der Waals surface area contributed by atoms with Gasteiger partial charge in [0.15, 0.2) is 11.6 Å². The van der Waals surface area contributed by atoms with Crippen LogP contribution in [-0.4, -0.2) is 25.5 Å². The minimum absolute atomic E-state index is 0.0387. The Morgan fingerprint density at radius 2 is 2.08 bits per heavy atom. The van der Waals surface area contributed by atoms with Gasteiger partial charge in [0.05, 0.1) is 17.8 Å². The molecule has 2 aromatic carbocycles. The lowest BCUT2D eigenvalue weighted by Crippen LogP contribution is -2.23. The van der Waals surface area contributed by atoms with Gasteiger partial charge in [0.2, 0.25) is 5.91 Å². The average Bonchev–Trinajstić information content (AvgIpc) is 3.02. The molecule has 0 unspecified atom stereocenters. The van der Waals surface area contributed by atoms with E-state index in [1.54, 1.807) is 23.1 Å². The molecule has 7 heteroatoms. The van der Waals surface area contributed by atoms with Crippen molar-refractivity contribution in [3.05, 3.63) is 52.8 Å². The number of benzene rings is 2. The maximum absolute atomic E-state index is 13.8. The lowest BCUT2D eigenvalue weighted by atomic mass is 10.2. The van der Waals surface area contributed by atoms with Gasteiger partial charge in [0.25, 0.3) is 5.91 Å². The fourth-order valence-electron chi connectivity index (χ4n) is 2.70. The molecule has 1 N–H and O–H groups in total. The third-order valence-electron chi connectivity index (χ3n) is 4.00. The topological polar surface area (TPSA) is 58.6 Å². The normalized spacial score (nSPS) is 13.9. The van der Waals surface area contributed by atoms with Gasteiger partial charge in [-0.1, -0.05) is 11.6 Å². The summed E-state index contributed by atoms with van der Waals surface area (Å²) in [7, 11) is 1.35. The lowest BCUT2D eigenvalue weighted by Gasteiger charge is -2.17. The standard InChI is InChI=1S/C18H16ClFN2O3/c1-25-16-7-4-11(9-14(16)20)18(24)21-15-10-12(5-6-13(15)19)22-8-2-3-17(22)23/h4-7,9-10H,2-3,8H2,1H3,(H,21,24). The zero-order valence-corrected chi connectivity index (χ0v) is 14.3. The van der Waals surface area contributed by atoms with Crippen molar-refractivity contribution < 1.29 is 18.7 Å². The van der Waals surface area contributed by atoms with Gasteiger partial charge in [0.1, 0.15) is 0 Å². The number of rotatable bonds is 4. The Morgan fingerprint density at radius 3 is 2.72 bits per heavy atom. The van der Waals surface area contributed by atoms with Gasteiger partial charge in [-0.2, -0.15) is 0 Å². The number of carbonyl (C=O) groups excluding carboxylic acids is 2. The molecule has 1 fully saturated rings. The molecule has 1 aliphatic rings. The third kappa shape index (κ3) is 3.58. The maximum atomic E-state index is 13.8. The zero-order valence-electron chi connectivity index (χ0n) is 13.5. The van der Waals surface area contributed by atoms with Crippen molar-refractivity contribution in [2.45, 2.75) is 12.8 Å². The second-order valence-electron chi connectivity index (χ2n) is 5.62. The Balaban J connectivity index is 1.83. The molecule has 3 rings (SSSR count). The Bertz CT molecular complexity index is 841. The number of halogens is 2. The van der Waals surface area contributed by atoms with Crippen LogP contribution in [0.4, 0.5) is 15.8 Å². The molecule has 1 aliphatic heterocycles. The zero-order chi connectivity index (χ0) is 18.0. The highest BCUT2D eigenvalue weighted by molar-refractivity contribution is 6.34. The van der Waals surface area contributed by atoms with Crippen molar-refractivity contribution in [1.29, 1.82) is 0 Å². The number of hydrogen-bond donors (Lipinski definition) is 1. The molecule has 25 heavy (non-hydrogen) atoms. The molecule has 0 atom stereocenters. The predicted molar refractivity (Wildman–Crippen MR) is 93.9 cm³/mol. The van der Waals surface area contributed by atoms with E-state index in [2.05, 4.69) is 5.32 Å². The SMILES string of the molecule is COc1ccc(C(=O)Nc2cc(N3CCCC3=O)ccc2Cl)cc1F. The molecule has 1 saturated heterocycles. The molecule has 0 spiro atoms. The molecule has 2 aromatic rings. The van der Waals surface area contributed by atoms with Crippen LogP contribution in [0.25, 0.3) is 0 Å². The van der Waals surface area contributed by atoms with Crippen molar-refractivity contribution in [2.75, 3.05) is 23.9 Å². The van der Waals surface area contributed by atoms with E-state index in [1.807, 2.05) is 0 Å². The summed E-state index contributed by atoms with van der Waals surface area (Å²) in [5.74, 6) is -1.04. The second kappa shape index (κ2) is 7.11. The quantitative estimate of drug-likeness (QED) is 0.898. The number of nitrogens with zero attached hydrogens (tertiary/aromatic N) is 1. The first kappa shape index (κ1) is 17.2. The largest absolute Gasteiger partial charge is 0.494 e. The summed E-state index contributed by atoms with van der Waals surface area (Å²) < 4.78 is 18.6. The Labute approximate surface area is 149 Å². The smallest absolute Gasteiger partial charge is 0.255 e. The molecule has 130 valence electrons. The fourth-order valence-corrected chi connectivity index (χ4v) is 2.86. The molecule has 0 saturated carbocycles. The minimum atomic E-state index is -0.627. The summed E-state index contributed by atoms with van der Waals surface area (Å²) in [6, 6.07) is 8.92. The molecular formula is C18H16ClFN2O3. The number of hydrogen-bond acceptors (Lipinski definition) is 3. The Kier molecular flexibility index (Phi) is 4.90. The number of methoxy groups -OCH3 is 1. The van der Waals surface area contributed by atoms with Gasteiger partial charge in [-0.3, -0.25) is 9.59 Å². The average molecular weight is 363 g/mol. The first-order valence-corrected chi connectivity index (χ1v) is 8.12. The number of carbonyl (C=O) groups is 2. The highest BCUT2D eigenvalue weighted by Crippen LogP contribution is 2.30. The monoisotopic (exact) mass is 362 g/mol. The summed E-state index contributed by atoms with van der Waals surface area (Å²) in [4.78, 5) is 25.9. The van der Waals surface area contributed by atoms with Crippen LogP contribution in [0.2, 0.25) is 5.02 Å². The molecule has 0 aliphatic carbocycles. The fraction of sp³-hybridized carbons (Fsp3) is 0.222. The first-order valence-electron chi connectivity index (χ1n) is 7.74. The van der Waals surface area contributed by atoms with E-state index in [0.29, 0.717) is 29.4 Å². The van der Waals surface area contributed by atoms with Gasteiger partial charge >= 0.3 is 0 Å². The van der Waals surface area contributed by atoms with Crippen molar-refractivity contribution in [3.8, 4) is 5.75 Å². The van der Waals surface area contributed by atoms with Crippen molar-refractivity contribution in [3.63, 3.8) is 0 Å². The van der Waals surface area contributed by atoms with Crippen LogP contribution in [0.1, 0.15) is 23.2 Å². The first-order chi connectivity index (χ1) is 12.0. The summed E-state index contributed by atoms with van der Waals surface area (Å²) >= 11 is 6.14. The molecule has 0 radical (unpaired) electrons. The van der Waals surface area contributed by atoms with E-state index in [9.17, 15) is 14.0 Å². The van der Waals surface area contributed by atoms with Gasteiger partial charge in [-0.05, 0) is 42.8 Å². The Morgan fingerprint density at radius 1 is 1.28 bits per heavy atom. The van der Waals surface area contributed by atoms with Crippen LogP contribution < -0.4 is 15.0 Å². The van der Waals surface area contributed by atoms with E-state index < -0.39 is 11.7 Å². The van der Waals surface area contributed by atoms with Crippen molar-refractivity contribution >= 4 is 34.8 Å². The van der Waals surface area contributed by atoms with Crippen LogP contribution in [0, 0.1) is 5.82 Å². The number of amides is 2. The van der Waals surface area contributed by atoms with Crippen molar-refractivity contribution in [1.82, 2.24) is 0 Å². The molecule has 0 aromatic heterocycles. The van der Waals surface area contributed by atoms with Crippen LogP contribution in [0.15, 0.2) is 36.4 Å². The molecule has 5 nitrogen and oxygen atoms in total. The van der Waals surface area contributed by atoms with Gasteiger partial charge in [0, 0.05) is 24.2 Å². The number of anilines is 2. The summed E-state index contributed by atoms with van der Waals surface area (Å²) in [5, 5.41) is 2.98. The van der Waals surface area contributed by atoms with E-state index in [4.69, 9.17) is 16.3 Å². The minimum Gasteiger partial charge on any atom is -0.494 e. The van der Waals surface area contributed by atoms with E-state index in [1.165, 1.54) is 19.2 Å². The van der Waals surface area contributed by atoms with Gasteiger partial charge < -0.3 is 15.0 Å². The molecule has 2 amide bonds. The third-order valence-corrected chi connectivity index (χ3v) is 4.33. The van der Waals surface area contributed by atoms with Gasteiger partial charge in [-0.15, -0.1) is 0 Å². The van der Waals surface area contributed by atoms with Gasteiger partial charge in [-0.25, -0.2) is 4.39 Å². The number of nitrogens with one attached hydrogen (secondary N) is 1. The van der Waals surface area contributed by atoms with Crippen LogP contribution in [0.3, 0.4) is 0 Å². The summed E-state index contributed by atoms with van der Waals surface area (Å²) in [6.07, 6.45) is 1.31. The molecule has 1 heterocycles. The van der Waals surface area contributed by atoms with E-state index >= 15 is 0 Å². The van der Waals surface area contributed by atoms with Crippen LogP contribution >= 0.6 is 11.6 Å². The van der Waals surface area contributed by atoms with E-state index in [-0.39, 0.29) is 17.2 Å². The number of ether oxygens (including phenoxy) is 1. The lowest BCUT2D eigenvalue weighted by molar-refractivity contribution is -0.117. The summed E-state index contributed by atoms with van der Waals surface area (Å²) in [6.45, 7) is 0.636. The van der Waals surface area contributed by atoms with Crippen LogP contribution in [0.5, 0.6) is 5.75 Å². The maximum Gasteiger partial charge on any atom is 0.255 e. The Hall–Kier alpha value is -2.60. The predicted octanol–water partition coefficient (Wildman–Crippen LogP) is 3.87. The van der Waals surface area contributed by atoms with E-state index in [0.717, 1.165) is 12.5 Å². The molecular weight excluding hydrogens is 347 g/mol. The highest BCUT2D eigenvalue weighted by Gasteiger charge is 2.22.